The van der Waals surface area contributed by atoms with Crippen LogP contribution in [0.15, 0.2) is 9.95 Å². The maximum atomic E-state index is 12.7. The summed E-state index contributed by atoms with van der Waals surface area (Å²) in [4.78, 5) is 29.9. The van der Waals surface area contributed by atoms with Crippen LogP contribution in [0.3, 0.4) is 0 Å². The number of aromatic nitrogens is 2. The highest BCUT2D eigenvalue weighted by Crippen LogP contribution is 2.28. The van der Waals surface area contributed by atoms with Crippen LogP contribution < -0.4 is 10.9 Å². The maximum absolute atomic E-state index is 12.7. The first kappa shape index (κ1) is 17.5. The van der Waals surface area contributed by atoms with Crippen LogP contribution in [0.1, 0.15) is 50.8 Å². The summed E-state index contributed by atoms with van der Waals surface area (Å²) in [5.41, 5.74) is 1.61. The smallest absolute Gasteiger partial charge is 0.257 e. The second-order valence-corrected chi connectivity index (χ2v) is 8.10. The predicted molar refractivity (Wildman–Crippen MR) is 96.4 cm³/mol. The zero-order valence-electron chi connectivity index (χ0n) is 14.8. The fourth-order valence-corrected chi connectivity index (χ4v) is 4.91. The molecule has 1 aliphatic carbocycles. The molecule has 1 amide bonds. The van der Waals surface area contributed by atoms with Crippen molar-refractivity contribution in [1.29, 1.82) is 0 Å². The number of fused-ring (bicyclic) bond motifs is 1. The van der Waals surface area contributed by atoms with Crippen molar-refractivity contribution in [3.05, 3.63) is 21.6 Å². The molecule has 1 N–H and O–H groups in total. The molecule has 3 unspecified atom stereocenters. The molecule has 1 saturated carbocycles. The summed E-state index contributed by atoms with van der Waals surface area (Å²) in [6, 6.07) is 0.289. The van der Waals surface area contributed by atoms with E-state index in [1.54, 1.807) is 4.57 Å². The van der Waals surface area contributed by atoms with Crippen molar-refractivity contribution < 1.29 is 4.79 Å². The molecule has 1 aliphatic heterocycles. The molecule has 0 aromatic carbocycles. The van der Waals surface area contributed by atoms with E-state index >= 15 is 0 Å². The van der Waals surface area contributed by atoms with Crippen LogP contribution in [0.4, 0.5) is 0 Å². The molecule has 6 heteroatoms. The standard InChI is InChI=1S/C18H27N3O2S/c1-4-14-12(3)19-18-21(17(14)23)9-13(10-24-18)16(22)20-15-8-6-5-7-11(15)2/h11,13,15H,4-10H2,1-3H3,(H,20,22). The van der Waals surface area contributed by atoms with Crippen molar-refractivity contribution in [3.8, 4) is 0 Å². The quantitative estimate of drug-likeness (QED) is 0.852. The zero-order valence-corrected chi connectivity index (χ0v) is 15.6. The Kier molecular flexibility index (Phi) is 5.33. The first-order chi connectivity index (χ1) is 11.5. The molecular weight excluding hydrogens is 322 g/mol. The van der Waals surface area contributed by atoms with Gasteiger partial charge in [0, 0.05) is 29.6 Å². The molecule has 2 heterocycles. The minimum absolute atomic E-state index is 0.0241. The molecular formula is C18H27N3O2S. The number of rotatable bonds is 3. The van der Waals surface area contributed by atoms with Crippen LogP contribution in [-0.4, -0.2) is 27.3 Å². The molecule has 5 nitrogen and oxygen atoms in total. The summed E-state index contributed by atoms with van der Waals surface area (Å²) < 4.78 is 1.70. The van der Waals surface area contributed by atoms with Gasteiger partial charge in [-0.1, -0.05) is 38.5 Å². The fraction of sp³-hybridized carbons (Fsp3) is 0.722. The highest BCUT2D eigenvalue weighted by molar-refractivity contribution is 7.99. The van der Waals surface area contributed by atoms with Crippen molar-refractivity contribution in [3.63, 3.8) is 0 Å². The van der Waals surface area contributed by atoms with Crippen LogP contribution in [0.5, 0.6) is 0 Å². The van der Waals surface area contributed by atoms with E-state index in [-0.39, 0.29) is 23.4 Å². The van der Waals surface area contributed by atoms with Gasteiger partial charge >= 0.3 is 0 Å². The zero-order chi connectivity index (χ0) is 17.3. The van der Waals surface area contributed by atoms with Gasteiger partial charge in [0.25, 0.3) is 5.56 Å². The lowest BCUT2D eigenvalue weighted by molar-refractivity contribution is -0.126. The van der Waals surface area contributed by atoms with Crippen molar-refractivity contribution in [1.82, 2.24) is 14.9 Å². The second-order valence-electron chi connectivity index (χ2n) is 7.11. The summed E-state index contributed by atoms with van der Waals surface area (Å²) in [6.07, 6.45) is 5.40. The molecule has 3 atom stereocenters. The Balaban J connectivity index is 1.74. The number of nitrogens with zero attached hydrogens (tertiary/aromatic N) is 2. The number of hydrogen-bond donors (Lipinski definition) is 1. The third-order valence-corrected chi connectivity index (χ3v) is 6.55. The first-order valence-corrected chi connectivity index (χ1v) is 10.0. The molecule has 0 spiro atoms. The SMILES string of the molecule is CCc1c(C)nc2n(c1=O)CC(C(=O)NC1CCCCC1C)CS2. The van der Waals surface area contributed by atoms with E-state index < -0.39 is 0 Å². The molecule has 0 bridgehead atoms. The number of carbonyl (C=O) groups excluding carboxylic acids is 1. The van der Waals surface area contributed by atoms with Crippen molar-refractivity contribution in [2.45, 2.75) is 70.6 Å². The van der Waals surface area contributed by atoms with Crippen LogP contribution in [-0.2, 0) is 17.8 Å². The third kappa shape index (κ3) is 3.39. The molecule has 2 aliphatic rings. The topological polar surface area (TPSA) is 64.0 Å². The third-order valence-electron chi connectivity index (χ3n) is 5.41. The Morgan fingerprint density at radius 1 is 1.38 bits per heavy atom. The second kappa shape index (κ2) is 7.30. The molecule has 1 fully saturated rings. The molecule has 1 aromatic rings. The van der Waals surface area contributed by atoms with Gasteiger partial charge in [0.15, 0.2) is 5.16 Å². The van der Waals surface area contributed by atoms with E-state index in [4.69, 9.17) is 0 Å². The number of carbonyl (C=O) groups is 1. The number of amides is 1. The van der Waals surface area contributed by atoms with Gasteiger partial charge in [-0.3, -0.25) is 14.2 Å². The Morgan fingerprint density at radius 3 is 2.83 bits per heavy atom. The van der Waals surface area contributed by atoms with Gasteiger partial charge in [-0.05, 0) is 32.1 Å². The minimum atomic E-state index is -0.150. The Morgan fingerprint density at radius 2 is 2.12 bits per heavy atom. The number of hydrogen-bond acceptors (Lipinski definition) is 4. The predicted octanol–water partition coefficient (Wildman–Crippen LogP) is 2.53. The molecule has 24 heavy (non-hydrogen) atoms. The van der Waals surface area contributed by atoms with Crippen LogP contribution in [0.25, 0.3) is 0 Å². The van der Waals surface area contributed by atoms with Crippen molar-refractivity contribution in [2.24, 2.45) is 11.8 Å². The number of aryl methyl sites for hydroxylation is 1. The average molecular weight is 350 g/mol. The van der Waals surface area contributed by atoms with Crippen LogP contribution in [0.2, 0.25) is 0 Å². The normalized spacial score (nSPS) is 26.7. The summed E-state index contributed by atoms with van der Waals surface area (Å²) >= 11 is 1.53. The summed E-state index contributed by atoms with van der Waals surface area (Å²) in [7, 11) is 0. The molecule has 132 valence electrons. The molecule has 1 aromatic heterocycles. The lowest BCUT2D eigenvalue weighted by Crippen LogP contribution is -2.47. The average Bonchev–Trinajstić information content (AvgIpc) is 2.57. The van der Waals surface area contributed by atoms with E-state index in [0.29, 0.717) is 24.6 Å². The summed E-state index contributed by atoms with van der Waals surface area (Å²) in [6.45, 7) is 6.54. The van der Waals surface area contributed by atoms with E-state index in [0.717, 1.165) is 22.8 Å². The highest BCUT2D eigenvalue weighted by atomic mass is 32.2. The van der Waals surface area contributed by atoms with Crippen LogP contribution >= 0.6 is 11.8 Å². The molecule has 0 radical (unpaired) electrons. The van der Waals surface area contributed by atoms with Gasteiger partial charge in [-0.2, -0.15) is 0 Å². The summed E-state index contributed by atoms with van der Waals surface area (Å²) in [5, 5.41) is 3.99. The minimum Gasteiger partial charge on any atom is -0.353 e. The van der Waals surface area contributed by atoms with Gasteiger partial charge in [0.05, 0.1) is 5.92 Å². The number of nitrogens with one attached hydrogen (secondary N) is 1. The maximum Gasteiger partial charge on any atom is 0.257 e. The van der Waals surface area contributed by atoms with E-state index in [1.165, 1.54) is 31.0 Å². The van der Waals surface area contributed by atoms with Gasteiger partial charge in [0.1, 0.15) is 0 Å². The van der Waals surface area contributed by atoms with Gasteiger partial charge < -0.3 is 5.32 Å². The van der Waals surface area contributed by atoms with E-state index in [2.05, 4.69) is 17.2 Å². The fourth-order valence-electron chi connectivity index (χ4n) is 3.79. The lowest BCUT2D eigenvalue weighted by Gasteiger charge is -2.32. The highest BCUT2D eigenvalue weighted by Gasteiger charge is 2.30. The van der Waals surface area contributed by atoms with Gasteiger partial charge in [-0.25, -0.2) is 4.98 Å². The Labute approximate surface area is 147 Å². The summed E-state index contributed by atoms with van der Waals surface area (Å²) in [5.74, 6) is 1.19. The van der Waals surface area contributed by atoms with E-state index in [9.17, 15) is 9.59 Å². The first-order valence-electron chi connectivity index (χ1n) is 9.04. The van der Waals surface area contributed by atoms with E-state index in [1.807, 2.05) is 13.8 Å². The van der Waals surface area contributed by atoms with Crippen molar-refractivity contribution in [2.75, 3.05) is 5.75 Å². The Bertz CT molecular complexity index is 686. The molecule has 0 saturated heterocycles. The Hall–Kier alpha value is -1.30. The lowest BCUT2D eigenvalue weighted by atomic mass is 9.85. The largest absolute Gasteiger partial charge is 0.353 e. The van der Waals surface area contributed by atoms with Crippen LogP contribution in [0, 0.1) is 18.8 Å². The van der Waals surface area contributed by atoms with Crippen molar-refractivity contribution >= 4 is 17.7 Å². The molecule has 3 rings (SSSR count). The van der Waals surface area contributed by atoms with Gasteiger partial charge in [0.2, 0.25) is 5.91 Å². The van der Waals surface area contributed by atoms with Gasteiger partial charge in [-0.15, -0.1) is 0 Å². The monoisotopic (exact) mass is 349 g/mol. The number of thioether (sulfide) groups is 1.